The maximum Gasteiger partial charge on any atom is 0.407 e. The lowest BCUT2D eigenvalue weighted by molar-refractivity contribution is 0.125. The lowest BCUT2D eigenvalue weighted by Crippen LogP contribution is -2.52. The van der Waals surface area contributed by atoms with E-state index in [9.17, 15) is 4.79 Å². The topological polar surface area (TPSA) is 53.6 Å². The Hall–Kier alpha value is -1.59. The minimum absolute atomic E-state index is 0.240. The molecule has 1 amide bonds. The van der Waals surface area contributed by atoms with Crippen molar-refractivity contribution in [2.45, 2.75) is 57.8 Å². The molecule has 5 nitrogen and oxygen atoms in total. The van der Waals surface area contributed by atoms with Crippen molar-refractivity contribution in [3.63, 3.8) is 0 Å². The zero-order valence-electron chi connectivity index (χ0n) is 15.1. The van der Waals surface area contributed by atoms with Crippen LogP contribution < -0.4 is 10.6 Å². The zero-order chi connectivity index (χ0) is 17.4. The Morgan fingerprint density at radius 1 is 1.25 bits per heavy atom. The molecule has 0 saturated heterocycles. The molecule has 0 aromatic heterocycles. The summed E-state index contributed by atoms with van der Waals surface area (Å²) in [6, 6.07) is 11.1. The summed E-state index contributed by atoms with van der Waals surface area (Å²) < 4.78 is 5.24. The van der Waals surface area contributed by atoms with E-state index in [1.54, 1.807) is 0 Å². The molecule has 2 N–H and O–H groups in total. The number of nitrogens with one attached hydrogen (secondary N) is 2. The molecule has 5 heteroatoms. The molecule has 1 aliphatic rings. The summed E-state index contributed by atoms with van der Waals surface area (Å²) in [6.45, 7) is 6.90. The van der Waals surface area contributed by atoms with Crippen LogP contribution in [0.5, 0.6) is 0 Å². The maximum absolute atomic E-state index is 11.8. The normalized spacial score (nSPS) is 20.0. The van der Waals surface area contributed by atoms with Gasteiger partial charge < -0.3 is 20.3 Å². The average Bonchev–Trinajstić information content (AvgIpc) is 2.54. The Balaban J connectivity index is 1.49. The van der Waals surface area contributed by atoms with Crippen LogP contribution in [0.2, 0.25) is 0 Å². The van der Waals surface area contributed by atoms with Crippen molar-refractivity contribution in [2.24, 2.45) is 0 Å². The average molecular weight is 333 g/mol. The fraction of sp³-hybridized carbons (Fsp3) is 0.632. The van der Waals surface area contributed by atoms with Gasteiger partial charge in [0.1, 0.15) is 6.61 Å². The van der Waals surface area contributed by atoms with Crippen LogP contribution in [-0.2, 0) is 11.3 Å². The minimum atomic E-state index is -0.319. The van der Waals surface area contributed by atoms with Gasteiger partial charge in [0.2, 0.25) is 0 Å². The molecule has 1 fully saturated rings. The Labute approximate surface area is 145 Å². The van der Waals surface area contributed by atoms with E-state index < -0.39 is 0 Å². The fourth-order valence-corrected chi connectivity index (χ4v) is 2.73. The molecule has 0 heterocycles. The second kappa shape index (κ2) is 9.64. The van der Waals surface area contributed by atoms with E-state index in [0.717, 1.165) is 37.9 Å². The monoisotopic (exact) mass is 333 g/mol. The molecule has 1 aromatic rings. The van der Waals surface area contributed by atoms with E-state index in [-0.39, 0.29) is 12.1 Å². The van der Waals surface area contributed by atoms with E-state index in [1.807, 2.05) is 30.3 Å². The van der Waals surface area contributed by atoms with Gasteiger partial charge in [-0.25, -0.2) is 4.79 Å². The molecule has 134 valence electrons. The van der Waals surface area contributed by atoms with Crippen molar-refractivity contribution < 1.29 is 9.53 Å². The van der Waals surface area contributed by atoms with E-state index in [2.05, 4.69) is 36.4 Å². The van der Waals surface area contributed by atoms with Crippen molar-refractivity contribution >= 4 is 6.09 Å². The molecule has 1 saturated carbocycles. The van der Waals surface area contributed by atoms with Gasteiger partial charge >= 0.3 is 6.09 Å². The SMILES string of the molecule is CC(C)N(C)CCCNC1CC(NC(=O)OCc2ccccc2)C1. The first-order chi connectivity index (χ1) is 11.5. The van der Waals surface area contributed by atoms with Gasteiger partial charge in [0.25, 0.3) is 0 Å². The van der Waals surface area contributed by atoms with E-state index in [1.165, 1.54) is 0 Å². The molecular formula is C19H31N3O2. The van der Waals surface area contributed by atoms with Gasteiger partial charge in [-0.15, -0.1) is 0 Å². The van der Waals surface area contributed by atoms with Crippen LogP contribution in [0.15, 0.2) is 30.3 Å². The van der Waals surface area contributed by atoms with Crippen molar-refractivity contribution in [3.05, 3.63) is 35.9 Å². The van der Waals surface area contributed by atoms with Crippen molar-refractivity contribution in [3.8, 4) is 0 Å². The number of alkyl carbamates (subject to hydrolysis) is 1. The van der Waals surface area contributed by atoms with E-state index >= 15 is 0 Å². The number of rotatable bonds is 9. The molecule has 1 aliphatic carbocycles. The summed E-state index contributed by atoms with van der Waals surface area (Å²) >= 11 is 0. The highest BCUT2D eigenvalue weighted by molar-refractivity contribution is 5.67. The van der Waals surface area contributed by atoms with Crippen molar-refractivity contribution in [2.75, 3.05) is 20.1 Å². The van der Waals surface area contributed by atoms with Crippen LogP contribution in [0.25, 0.3) is 0 Å². The van der Waals surface area contributed by atoms with Gasteiger partial charge in [0.15, 0.2) is 0 Å². The summed E-state index contributed by atoms with van der Waals surface area (Å²) in [5, 5.41) is 6.49. The summed E-state index contributed by atoms with van der Waals surface area (Å²) in [6.07, 6.45) is 2.81. The number of amides is 1. The molecule has 0 spiro atoms. The lowest BCUT2D eigenvalue weighted by Gasteiger charge is -2.36. The van der Waals surface area contributed by atoms with Gasteiger partial charge in [-0.2, -0.15) is 0 Å². The Bertz CT molecular complexity index is 487. The smallest absolute Gasteiger partial charge is 0.407 e. The van der Waals surface area contributed by atoms with Gasteiger partial charge in [-0.05, 0) is 58.8 Å². The molecule has 1 aromatic carbocycles. The minimum Gasteiger partial charge on any atom is -0.445 e. The van der Waals surface area contributed by atoms with E-state index in [0.29, 0.717) is 18.7 Å². The van der Waals surface area contributed by atoms with Crippen LogP contribution in [0.1, 0.15) is 38.7 Å². The number of hydrogen-bond donors (Lipinski definition) is 2. The third-order valence-electron chi connectivity index (χ3n) is 4.67. The second-order valence-corrected chi connectivity index (χ2v) is 6.95. The first kappa shape index (κ1) is 18.7. The summed E-state index contributed by atoms with van der Waals surface area (Å²) in [7, 11) is 2.16. The standard InChI is InChI=1S/C19H31N3O2/c1-15(2)22(3)11-7-10-20-17-12-18(13-17)21-19(23)24-14-16-8-5-4-6-9-16/h4-6,8-9,15,17-18,20H,7,10-14H2,1-3H3,(H,21,23). The maximum atomic E-state index is 11.8. The van der Waals surface area contributed by atoms with Gasteiger partial charge in [-0.1, -0.05) is 30.3 Å². The first-order valence-corrected chi connectivity index (χ1v) is 8.95. The van der Waals surface area contributed by atoms with E-state index in [4.69, 9.17) is 4.74 Å². The second-order valence-electron chi connectivity index (χ2n) is 6.95. The molecule has 0 atom stereocenters. The largest absolute Gasteiger partial charge is 0.445 e. The molecule has 0 aliphatic heterocycles. The third kappa shape index (κ3) is 6.49. The van der Waals surface area contributed by atoms with Gasteiger partial charge in [0.05, 0.1) is 0 Å². The van der Waals surface area contributed by atoms with Gasteiger partial charge in [0, 0.05) is 18.1 Å². The fourth-order valence-electron chi connectivity index (χ4n) is 2.73. The lowest BCUT2D eigenvalue weighted by atomic mass is 9.87. The number of ether oxygens (including phenoxy) is 1. The molecule has 0 unspecified atom stereocenters. The number of carbonyl (C=O) groups excluding carboxylic acids is 1. The van der Waals surface area contributed by atoms with Crippen LogP contribution in [-0.4, -0.2) is 49.3 Å². The molecular weight excluding hydrogens is 302 g/mol. The molecule has 24 heavy (non-hydrogen) atoms. The molecule has 0 radical (unpaired) electrons. The first-order valence-electron chi connectivity index (χ1n) is 8.95. The number of nitrogens with zero attached hydrogens (tertiary/aromatic N) is 1. The zero-order valence-corrected chi connectivity index (χ0v) is 15.1. The summed E-state index contributed by atoms with van der Waals surface area (Å²) in [4.78, 5) is 14.1. The van der Waals surface area contributed by atoms with Crippen LogP contribution in [0.4, 0.5) is 4.79 Å². The third-order valence-corrected chi connectivity index (χ3v) is 4.67. The summed E-state index contributed by atoms with van der Waals surface area (Å²) in [5.74, 6) is 0. The predicted octanol–water partition coefficient (Wildman–Crippen LogP) is 2.76. The summed E-state index contributed by atoms with van der Waals surface area (Å²) in [5.41, 5.74) is 1.01. The quantitative estimate of drug-likeness (QED) is 0.682. The van der Waals surface area contributed by atoms with Crippen LogP contribution in [0.3, 0.4) is 0 Å². The van der Waals surface area contributed by atoms with Crippen LogP contribution >= 0.6 is 0 Å². The number of hydrogen-bond acceptors (Lipinski definition) is 4. The highest BCUT2D eigenvalue weighted by atomic mass is 16.5. The van der Waals surface area contributed by atoms with Crippen molar-refractivity contribution in [1.82, 2.24) is 15.5 Å². The number of benzene rings is 1. The predicted molar refractivity (Wildman–Crippen MR) is 97.0 cm³/mol. The highest BCUT2D eigenvalue weighted by Crippen LogP contribution is 2.20. The Kier molecular flexibility index (Phi) is 7.53. The molecule has 0 bridgehead atoms. The molecule has 2 rings (SSSR count). The highest BCUT2D eigenvalue weighted by Gasteiger charge is 2.30. The number of carbonyl (C=O) groups is 1. The Morgan fingerprint density at radius 2 is 1.96 bits per heavy atom. The van der Waals surface area contributed by atoms with Crippen LogP contribution in [0, 0.1) is 0 Å². The van der Waals surface area contributed by atoms with Crippen molar-refractivity contribution in [1.29, 1.82) is 0 Å². The van der Waals surface area contributed by atoms with Gasteiger partial charge in [-0.3, -0.25) is 0 Å². The Morgan fingerprint density at radius 3 is 2.62 bits per heavy atom.